The van der Waals surface area contributed by atoms with Crippen LogP contribution in [-0.2, 0) is 0 Å². The van der Waals surface area contributed by atoms with E-state index in [-0.39, 0.29) is 18.2 Å². The fourth-order valence-corrected chi connectivity index (χ4v) is 1.92. The fourth-order valence-electron chi connectivity index (χ4n) is 1.92. The first kappa shape index (κ1) is 12.3. The molecule has 2 amide bonds. The van der Waals surface area contributed by atoms with Crippen molar-refractivity contribution in [2.24, 2.45) is 0 Å². The summed E-state index contributed by atoms with van der Waals surface area (Å²) in [6.45, 7) is 2.98. The van der Waals surface area contributed by atoms with E-state index in [1.165, 1.54) is 0 Å². The summed E-state index contributed by atoms with van der Waals surface area (Å²) in [5.74, 6) is 0. The van der Waals surface area contributed by atoms with E-state index in [0.717, 1.165) is 38.6 Å². The third-order valence-corrected chi connectivity index (χ3v) is 3.10. The third-order valence-electron chi connectivity index (χ3n) is 3.10. The molecule has 88 valence electrons. The summed E-state index contributed by atoms with van der Waals surface area (Å²) in [5.41, 5.74) is -0.120. The first-order valence-corrected chi connectivity index (χ1v) is 5.89. The Bertz CT molecular complexity index is 203. The van der Waals surface area contributed by atoms with Gasteiger partial charge in [-0.3, -0.25) is 0 Å². The maximum Gasteiger partial charge on any atom is 0.315 e. The second-order valence-electron chi connectivity index (χ2n) is 4.34. The monoisotopic (exact) mass is 214 g/mol. The molecule has 0 saturated heterocycles. The Hall–Kier alpha value is -0.770. The molecule has 1 saturated carbocycles. The van der Waals surface area contributed by atoms with Gasteiger partial charge in [-0.25, -0.2) is 4.79 Å². The zero-order valence-electron chi connectivity index (χ0n) is 9.51. The molecule has 4 nitrogen and oxygen atoms in total. The van der Waals surface area contributed by atoms with Gasteiger partial charge < -0.3 is 15.7 Å². The molecule has 0 atom stereocenters. The third kappa shape index (κ3) is 3.70. The van der Waals surface area contributed by atoms with Crippen molar-refractivity contribution < 1.29 is 9.90 Å². The molecule has 0 aliphatic heterocycles. The van der Waals surface area contributed by atoms with Crippen molar-refractivity contribution in [2.75, 3.05) is 13.2 Å². The number of rotatable bonds is 6. The van der Waals surface area contributed by atoms with E-state index in [1.807, 2.05) is 0 Å². The Balaban J connectivity index is 2.22. The summed E-state index contributed by atoms with van der Waals surface area (Å²) in [6.07, 6.45) is 5.91. The molecule has 0 radical (unpaired) electrons. The lowest BCUT2D eigenvalue weighted by Crippen LogP contribution is -2.56. The number of hydrogen-bond donors (Lipinski definition) is 3. The Labute approximate surface area is 91.4 Å². The van der Waals surface area contributed by atoms with E-state index in [0.29, 0.717) is 6.42 Å². The zero-order valence-corrected chi connectivity index (χ0v) is 9.51. The van der Waals surface area contributed by atoms with E-state index in [2.05, 4.69) is 17.6 Å². The van der Waals surface area contributed by atoms with Crippen molar-refractivity contribution >= 4 is 6.03 Å². The van der Waals surface area contributed by atoms with Crippen molar-refractivity contribution in [2.45, 2.75) is 51.0 Å². The second-order valence-corrected chi connectivity index (χ2v) is 4.34. The number of aliphatic hydroxyl groups excluding tert-OH is 1. The highest BCUT2D eigenvalue weighted by atomic mass is 16.3. The van der Waals surface area contributed by atoms with Gasteiger partial charge in [0.2, 0.25) is 0 Å². The van der Waals surface area contributed by atoms with Gasteiger partial charge in [0.15, 0.2) is 0 Å². The molecule has 0 aromatic heterocycles. The molecule has 1 rings (SSSR count). The summed E-state index contributed by atoms with van der Waals surface area (Å²) in [4.78, 5) is 11.5. The largest absolute Gasteiger partial charge is 0.396 e. The van der Waals surface area contributed by atoms with Crippen LogP contribution in [0.1, 0.15) is 45.4 Å². The number of hydrogen-bond acceptors (Lipinski definition) is 2. The smallest absolute Gasteiger partial charge is 0.315 e. The van der Waals surface area contributed by atoms with Crippen molar-refractivity contribution in [3.05, 3.63) is 0 Å². The number of carbonyl (C=O) groups excluding carboxylic acids is 1. The maximum atomic E-state index is 11.5. The van der Waals surface area contributed by atoms with Crippen LogP contribution >= 0.6 is 0 Å². The van der Waals surface area contributed by atoms with Gasteiger partial charge in [0.05, 0.1) is 0 Å². The zero-order chi connectivity index (χ0) is 11.1. The molecule has 1 aliphatic rings. The highest BCUT2D eigenvalue weighted by molar-refractivity contribution is 5.74. The summed E-state index contributed by atoms with van der Waals surface area (Å²) in [5, 5.41) is 14.7. The number of nitrogens with one attached hydrogen (secondary N) is 2. The molecule has 0 bridgehead atoms. The molecule has 0 aromatic rings. The van der Waals surface area contributed by atoms with Crippen molar-refractivity contribution in [1.82, 2.24) is 10.6 Å². The lowest BCUT2D eigenvalue weighted by molar-refractivity contribution is 0.136. The highest BCUT2D eigenvalue weighted by Gasteiger charge is 2.37. The predicted molar refractivity (Wildman–Crippen MR) is 59.7 cm³/mol. The molecule has 3 N–H and O–H groups in total. The van der Waals surface area contributed by atoms with Crippen LogP contribution in [0.5, 0.6) is 0 Å². The van der Waals surface area contributed by atoms with Gasteiger partial charge in [0.1, 0.15) is 0 Å². The molecule has 15 heavy (non-hydrogen) atoms. The summed E-state index contributed by atoms with van der Waals surface area (Å²) >= 11 is 0. The van der Waals surface area contributed by atoms with Crippen LogP contribution in [0.15, 0.2) is 0 Å². The SMILES string of the molecule is CCCCNC(=O)NC1(CCO)CCC1. The Morgan fingerprint density at radius 3 is 2.67 bits per heavy atom. The topological polar surface area (TPSA) is 61.4 Å². The van der Waals surface area contributed by atoms with Crippen molar-refractivity contribution in [3.63, 3.8) is 0 Å². The second kappa shape index (κ2) is 5.95. The average molecular weight is 214 g/mol. The van der Waals surface area contributed by atoms with Crippen LogP contribution in [0.2, 0.25) is 0 Å². The van der Waals surface area contributed by atoms with Gasteiger partial charge >= 0.3 is 6.03 Å². The molecule has 4 heteroatoms. The number of urea groups is 1. The van der Waals surface area contributed by atoms with Gasteiger partial charge in [0, 0.05) is 18.7 Å². The van der Waals surface area contributed by atoms with Gasteiger partial charge in [-0.15, -0.1) is 0 Å². The van der Waals surface area contributed by atoms with E-state index in [9.17, 15) is 4.79 Å². The van der Waals surface area contributed by atoms with Gasteiger partial charge in [0.25, 0.3) is 0 Å². The number of carbonyl (C=O) groups is 1. The van der Waals surface area contributed by atoms with E-state index >= 15 is 0 Å². The summed E-state index contributed by atoms with van der Waals surface area (Å²) in [7, 11) is 0. The van der Waals surface area contributed by atoms with Crippen LogP contribution in [0, 0.1) is 0 Å². The highest BCUT2D eigenvalue weighted by Crippen LogP contribution is 2.34. The predicted octanol–water partition coefficient (Wildman–Crippen LogP) is 1.39. The molecular weight excluding hydrogens is 192 g/mol. The number of unbranched alkanes of at least 4 members (excludes halogenated alkanes) is 1. The Kier molecular flexibility index (Phi) is 4.88. The van der Waals surface area contributed by atoms with Crippen LogP contribution < -0.4 is 10.6 Å². The first-order valence-electron chi connectivity index (χ1n) is 5.89. The number of aliphatic hydroxyl groups is 1. The van der Waals surface area contributed by atoms with Crippen LogP contribution in [0.3, 0.4) is 0 Å². The maximum absolute atomic E-state index is 11.5. The minimum absolute atomic E-state index is 0.0865. The van der Waals surface area contributed by atoms with Gasteiger partial charge in [-0.1, -0.05) is 13.3 Å². The minimum atomic E-state index is -0.120. The van der Waals surface area contributed by atoms with Crippen LogP contribution in [-0.4, -0.2) is 29.8 Å². The van der Waals surface area contributed by atoms with Gasteiger partial charge in [-0.05, 0) is 32.1 Å². The molecule has 0 spiro atoms. The molecular formula is C11H22N2O2. The Morgan fingerprint density at radius 1 is 1.47 bits per heavy atom. The summed E-state index contributed by atoms with van der Waals surface area (Å²) in [6, 6.07) is -0.0865. The lowest BCUT2D eigenvalue weighted by atomic mass is 9.74. The molecule has 1 aliphatic carbocycles. The molecule has 0 unspecified atom stereocenters. The molecule has 0 heterocycles. The van der Waals surface area contributed by atoms with E-state index in [4.69, 9.17) is 5.11 Å². The molecule has 0 aromatic carbocycles. The Morgan fingerprint density at radius 2 is 2.20 bits per heavy atom. The molecule has 1 fully saturated rings. The van der Waals surface area contributed by atoms with Crippen LogP contribution in [0.4, 0.5) is 4.79 Å². The fraction of sp³-hybridized carbons (Fsp3) is 0.909. The van der Waals surface area contributed by atoms with Gasteiger partial charge in [-0.2, -0.15) is 0 Å². The minimum Gasteiger partial charge on any atom is -0.396 e. The average Bonchev–Trinajstić information content (AvgIpc) is 2.15. The van der Waals surface area contributed by atoms with Crippen molar-refractivity contribution in [3.8, 4) is 0 Å². The van der Waals surface area contributed by atoms with Crippen molar-refractivity contribution in [1.29, 1.82) is 0 Å². The van der Waals surface area contributed by atoms with E-state index in [1.54, 1.807) is 0 Å². The normalized spacial score (nSPS) is 18.0. The standard InChI is InChI=1S/C11H22N2O2/c1-2-3-8-12-10(15)13-11(7-9-14)5-4-6-11/h14H,2-9H2,1H3,(H2,12,13,15). The summed E-state index contributed by atoms with van der Waals surface area (Å²) < 4.78 is 0. The quantitative estimate of drug-likeness (QED) is 0.585. The van der Waals surface area contributed by atoms with Crippen LogP contribution in [0.25, 0.3) is 0 Å². The lowest BCUT2D eigenvalue weighted by Gasteiger charge is -2.42. The van der Waals surface area contributed by atoms with E-state index < -0.39 is 0 Å². The number of amides is 2. The first-order chi connectivity index (χ1) is 7.22.